The molecule has 0 aliphatic rings. The smallest absolute Gasteiger partial charge is 0.269 e. The highest BCUT2D eigenvalue weighted by atomic mass is 16.6. The fourth-order valence-corrected chi connectivity index (χ4v) is 1.52. The molecule has 0 amide bonds. The van der Waals surface area contributed by atoms with E-state index in [9.17, 15) is 10.1 Å². The lowest BCUT2D eigenvalue weighted by Gasteiger charge is -2.15. The van der Waals surface area contributed by atoms with Crippen LogP contribution < -0.4 is 5.32 Å². The van der Waals surface area contributed by atoms with Crippen LogP contribution in [0.1, 0.15) is 18.9 Å². The van der Waals surface area contributed by atoms with Crippen LogP contribution in [0.15, 0.2) is 24.3 Å². The first-order valence-electron chi connectivity index (χ1n) is 5.63. The maximum absolute atomic E-state index is 10.5. The molecule has 1 N–H and O–H groups in total. The number of rotatable bonds is 7. The highest BCUT2D eigenvalue weighted by Gasteiger charge is 2.06. The summed E-state index contributed by atoms with van der Waals surface area (Å²) in [6.07, 6.45) is 0.987. The fraction of sp³-hybridized carbons (Fsp3) is 0.500. The fourth-order valence-electron chi connectivity index (χ4n) is 1.52. The molecule has 0 radical (unpaired) electrons. The molecule has 0 saturated carbocycles. The Balaban J connectivity index is 2.48. The minimum Gasteiger partial charge on any atom is -0.383 e. The number of benzene rings is 1. The monoisotopic (exact) mass is 238 g/mol. The Bertz CT molecular complexity index is 351. The van der Waals surface area contributed by atoms with Crippen LogP contribution in [0.4, 0.5) is 5.69 Å². The van der Waals surface area contributed by atoms with Gasteiger partial charge in [0.05, 0.1) is 11.5 Å². The van der Waals surface area contributed by atoms with Gasteiger partial charge in [-0.15, -0.1) is 0 Å². The van der Waals surface area contributed by atoms with Crippen molar-refractivity contribution in [1.29, 1.82) is 0 Å². The maximum atomic E-state index is 10.5. The standard InChI is InChI=1S/C12H18N2O3/c1-3-11(9-17-2)13-8-10-4-6-12(7-5-10)14(15)16/h4-7,11,13H,3,8-9H2,1-2H3. The largest absolute Gasteiger partial charge is 0.383 e. The van der Waals surface area contributed by atoms with Crippen molar-refractivity contribution in [1.82, 2.24) is 5.32 Å². The minimum absolute atomic E-state index is 0.123. The van der Waals surface area contributed by atoms with E-state index in [1.807, 2.05) is 0 Å². The summed E-state index contributed by atoms with van der Waals surface area (Å²) >= 11 is 0. The SMILES string of the molecule is CCC(COC)NCc1ccc([N+](=O)[O-])cc1. The molecule has 1 atom stereocenters. The molecule has 1 aromatic rings. The van der Waals surface area contributed by atoms with Gasteiger partial charge in [-0.25, -0.2) is 0 Å². The Morgan fingerprint density at radius 1 is 1.41 bits per heavy atom. The van der Waals surface area contributed by atoms with Crippen LogP contribution in [-0.4, -0.2) is 24.7 Å². The number of methoxy groups -OCH3 is 1. The number of hydrogen-bond donors (Lipinski definition) is 1. The van der Waals surface area contributed by atoms with E-state index >= 15 is 0 Å². The summed E-state index contributed by atoms with van der Waals surface area (Å²) < 4.78 is 5.08. The Hall–Kier alpha value is -1.46. The maximum Gasteiger partial charge on any atom is 0.269 e. The lowest BCUT2D eigenvalue weighted by molar-refractivity contribution is -0.384. The number of ether oxygens (including phenoxy) is 1. The molecule has 0 bridgehead atoms. The average Bonchev–Trinajstić information content (AvgIpc) is 2.35. The van der Waals surface area contributed by atoms with Gasteiger partial charge in [-0.3, -0.25) is 10.1 Å². The zero-order valence-electron chi connectivity index (χ0n) is 10.2. The summed E-state index contributed by atoms with van der Waals surface area (Å²) in [5.74, 6) is 0. The van der Waals surface area contributed by atoms with Crippen LogP contribution >= 0.6 is 0 Å². The molecule has 5 heteroatoms. The van der Waals surface area contributed by atoms with Gasteiger partial charge in [0.1, 0.15) is 0 Å². The van der Waals surface area contributed by atoms with E-state index in [4.69, 9.17) is 4.74 Å². The van der Waals surface area contributed by atoms with Crippen LogP contribution in [0, 0.1) is 10.1 Å². The van der Waals surface area contributed by atoms with Gasteiger partial charge in [0.2, 0.25) is 0 Å². The first-order chi connectivity index (χ1) is 8.17. The van der Waals surface area contributed by atoms with E-state index in [1.165, 1.54) is 12.1 Å². The van der Waals surface area contributed by atoms with E-state index in [0.717, 1.165) is 12.0 Å². The van der Waals surface area contributed by atoms with Crippen molar-refractivity contribution in [2.24, 2.45) is 0 Å². The second-order valence-electron chi connectivity index (χ2n) is 3.86. The summed E-state index contributed by atoms with van der Waals surface area (Å²) in [6.45, 7) is 3.45. The van der Waals surface area contributed by atoms with Gasteiger partial charge in [-0.1, -0.05) is 19.1 Å². The van der Waals surface area contributed by atoms with Gasteiger partial charge in [0, 0.05) is 31.8 Å². The van der Waals surface area contributed by atoms with Gasteiger partial charge in [-0.2, -0.15) is 0 Å². The minimum atomic E-state index is -0.392. The number of nitrogens with zero attached hydrogens (tertiary/aromatic N) is 1. The van der Waals surface area contributed by atoms with Crippen LogP contribution in [0.3, 0.4) is 0 Å². The quantitative estimate of drug-likeness (QED) is 0.583. The van der Waals surface area contributed by atoms with Gasteiger partial charge in [0.25, 0.3) is 5.69 Å². The zero-order chi connectivity index (χ0) is 12.7. The molecule has 1 rings (SSSR count). The molecule has 1 unspecified atom stereocenters. The van der Waals surface area contributed by atoms with Crippen molar-refractivity contribution >= 4 is 5.69 Å². The second kappa shape index (κ2) is 6.98. The third-order valence-electron chi connectivity index (χ3n) is 2.60. The highest BCUT2D eigenvalue weighted by molar-refractivity contribution is 5.32. The van der Waals surface area contributed by atoms with Crippen molar-refractivity contribution in [3.63, 3.8) is 0 Å². The highest BCUT2D eigenvalue weighted by Crippen LogP contribution is 2.11. The topological polar surface area (TPSA) is 64.4 Å². The van der Waals surface area contributed by atoms with Crippen LogP contribution in [0.25, 0.3) is 0 Å². The number of nitro groups is 1. The van der Waals surface area contributed by atoms with Crippen LogP contribution in [0.5, 0.6) is 0 Å². The number of nitrogens with one attached hydrogen (secondary N) is 1. The molecule has 1 aromatic carbocycles. The van der Waals surface area contributed by atoms with Crippen molar-refractivity contribution < 1.29 is 9.66 Å². The summed E-state index contributed by atoms with van der Waals surface area (Å²) in [7, 11) is 1.68. The summed E-state index contributed by atoms with van der Waals surface area (Å²) in [4.78, 5) is 10.1. The molecular formula is C12H18N2O3. The van der Waals surface area contributed by atoms with Crippen molar-refractivity contribution in [2.45, 2.75) is 25.9 Å². The van der Waals surface area contributed by atoms with Gasteiger partial charge in [0.15, 0.2) is 0 Å². The zero-order valence-corrected chi connectivity index (χ0v) is 10.2. The normalized spacial score (nSPS) is 12.4. The molecule has 0 aliphatic carbocycles. The molecule has 5 nitrogen and oxygen atoms in total. The Kier molecular flexibility index (Phi) is 5.59. The summed E-state index contributed by atoms with van der Waals surface area (Å²) in [6, 6.07) is 6.90. The third-order valence-corrected chi connectivity index (χ3v) is 2.60. The van der Waals surface area contributed by atoms with E-state index in [2.05, 4.69) is 12.2 Å². The first-order valence-corrected chi connectivity index (χ1v) is 5.63. The van der Waals surface area contributed by atoms with Crippen molar-refractivity contribution in [3.8, 4) is 0 Å². The Morgan fingerprint density at radius 3 is 2.53 bits per heavy atom. The Morgan fingerprint density at radius 2 is 2.06 bits per heavy atom. The summed E-state index contributed by atoms with van der Waals surface area (Å²) in [5, 5.41) is 13.8. The molecule has 0 heterocycles. The van der Waals surface area contributed by atoms with Crippen LogP contribution in [0.2, 0.25) is 0 Å². The molecule has 0 spiro atoms. The Labute approximate surface area is 101 Å². The van der Waals surface area contributed by atoms with E-state index in [0.29, 0.717) is 19.2 Å². The van der Waals surface area contributed by atoms with E-state index in [1.54, 1.807) is 19.2 Å². The number of nitro benzene ring substituents is 1. The molecular weight excluding hydrogens is 220 g/mol. The number of non-ortho nitro benzene ring substituents is 1. The lowest BCUT2D eigenvalue weighted by Crippen LogP contribution is -2.31. The van der Waals surface area contributed by atoms with Gasteiger partial charge < -0.3 is 10.1 Å². The molecule has 94 valence electrons. The van der Waals surface area contributed by atoms with Gasteiger partial charge >= 0.3 is 0 Å². The number of hydrogen-bond acceptors (Lipinski definition) is 4. The van der Waals surface area contributed by atoms with Crippen molar-refractivity contribution in [2.75, 3.05) is 13.7 Å². The third kappa shape index (κ3) is 4.50. The van der Waals surface area contributed by atoms with E-state index in [-0.39, 0.29) is 5.69 Å². The second-order valence-corrected chi connectivity index (χ2v) is 3.86. The average molecular weight is 238 g/mol. The predicted molar refractivity (Wildman–Crippen MR) is 65.9 cm³/mol. The molecule has 0 aliphatic heterocycles. The molecule has 0 aromatic heterocycles. The first kappa shape index (κ1) is 13.6. The van der Waals surface area contributed by atoms with Crippen molar-refractivity contribution in [3.05, 3.63) is 39.9 Å². The van der Waals surface area contributed by atoms with E-state index < -0.39 is 4.92 Å². The van der Waals surface area contributed by atoms with Gasteiger partial charge in [-0.05, 0) is 12.0 Å². The lowest BCUT2D eigenvalue weighted by atomic mass is 10.2. The molecule has 17 heavy (non-hydrogen) atoms. The molecule has 0 fully saturated rings. The molecule has 0 saturated heterocycles. The predicted octanol–water partition coefficient (Wildman–Crippen LogP) is 2.11. The summed E-state index contributed by atoms with van der Waals surface area (Å²) in [5.41, 5.74) is 1.16. The van der Waals surface area contributed by atoms with Crippen LogP contribution in [-0.2, 0) is 11.3 Å².